The van der Waals surface area contributed by atoms with Gasteiger partial charge in [-0.05, 0) is 37.1 Å². The summed E-state index contributed by atoms with van der Waals surface area (Å²) >= 11 is 0. The lowest BCUT2D eigenvalue weighted by Gasteiger charge is -2.33. The normalized spacial score (nSPS) is 15.4. The minimum atomic E-state index is -0.518. The molecule has 1 aliphatic heterocycles. The van der Waals surface area contributed by atoms with Crippen molar-refractivity contribution in [1.29, 1.82) is 0 Å². The summed E-state index contributed by atoms with van der Waals surface area (Å²) < 4.78 is 0. The van der Waals surface area contributed by atoms with Crippen molar-refractivity contribution < 1.29 is 14.5 Å². The SMILES string of the molecule is CN(C)c1ccc(C(=O)c2ccccc2C(=O)NC2CCCN(c3ncccn3)C2)cc1[N+](=O)[O-]. The summed E-state index contributed by atoms with van der Waals surface area (Å²) in [5, 5.41) is 14.6. The van der Waals surface area contributed by atoms with Gasteiger partial charge in [-0.1, -0.05) is 18.2 Å². The lowest BCUT2D eigenvalue weighted by molar-refractivity contribution is -0.384. The molecular formula is C25H26N6O4. The first-order valence-corrected chi connectivity index (χ1v) is 11.3. The summed E-state index contributed by atoms with van der Waals surface area (Å²) in [6.45, 7) is 1.36. The lowest BCUT2D eigenvalue weighted by atomic mass is 9.96. The number of nitro groups is 1. The van der Waals surface area contributed by atoms with Crippen molar-refractivity contribution in [2.24, 2.45) is 0 Å². The van der Waals surface area contributed by atoms with E-state index in [4.69, 9.17) is 0 Å². The maximum Gasteiger partial charge on any atom is 0.293 e. The van der Waals surface area contributed by atoms with E-state index in [1.165, 1.54) is 18.2 Å². The van der Waals surface area contributed by atoms with Crippen LogP contribution in [0.15, 0.2) is 60.9 Å². The smallest absolute Gasteiger partial charge is 0.293 e. The molecule has 1 aromatic heterocycles. The topological polar surface area (TPSA) is 122 Å². The zero-order valence-corrected chi connectivity index (χ0v) is 19.5. The number of anilines is 2. The fourth-order valence-electron chi connectivity index (χ4n) is 4.22. The molecule has 0 radical (unpaired) electrons. The molecule has 4 rings (SSSR count). The number of nitrogens with zero attached hydrogens (tertiary/aromatic N) is 5. The van der Waals surface area contributed by atoms with E-state index in [1.54, 1.807) is 61.7 Å². The number of nitro benzene ring substituents is 1. The highest BCUT2D eigenvalue weighted by atomic mass is 16.6. The monoisotopic (exact) mass is 474 g/mol. The number of hydrogen-bond donors (Lipinski definition) is 1. The summed E-state index contributed by atoms with van der Waals surface area (Å²) in [5.41, 5.74) is 0.781. The minimum absolute atomic E-state index is 0.135. The van der Waals surface area contributed by atoms with Crippen molar-refractivity contribution in [1.82, 2.24) is 15.3 Å². The van der Waals surface area contributed by atoms with Gasteiger partial charge in [0.2, 0.25) is 5.95 Å². The number of nitrogens with one attached hydrogen (secondary N) is 1. The first-order chi connectivity index (χ1) is 16.8. The summed E-state index contributed by atoms with van der Waals surface area (Å²) in [5.74, 6) is -0.203. The Balaban J connectivity index is 1.55. The first kappa shape index (κ1) is 23.8. The molecule has 1 atom stereocenters. The molecule has 1 saturated heterocycles. The van der Waals surface area contributed by atoms with Gasteiger partial charge in [0.15, 0.2) is 5.78 Å². The third-order valence-electron chi connectivity index (χ3n) is 5.92. The maximum absolute atomic E-state index is 13.3. The van der Waals surface area contributed by atoms with Crippen molar-refractivity contribution in [3.8, 4) is 0 Å². The Hall–Kier alpha value is -4.34. The summed E-state index contributed by atoms with van der Waals surface area (Å²) in [6, 6.07) is 12.5. The number of carbonyl (C=O) groups excluding carboxylic acids is 2. The molecule has 1 fully saturated rings. The predicted octanol–water partition coefficient (Wildman–Crippen LogP) is 3.08. The van der Waals surface area contributed by atoms with Crippen molar-refractivity contribution >= 4 is 29.0 Å². The van der Waals surface area contributed by atoms with E-state index >= 15 is 0 Å². The molecule has 0 bridgehead atoms. The van der Waals surface area contributed by atoms with Crippen LogP contribution >= 0.6 is 0 Å². The Kier molecular flexibility index (Phi) is 7.00. The van der Waals surface area contributed by atoms with Crippen molar-refractivity contribution in [2.45, 2.75) is 18.9 Å². The molecule has 0 saturated carbocycles. The largest absolute Gasteiger partial charge is 0.372 e. The summed E-state index contributed by atoms with van der Waals surface area (Å²) in [4.78, 5) is 49.8. The fraction of sp³-hybridized carbons (Fsp3) is 0.280. The van der Waals surface area contributed by atoms with Crippen LogP contribution in [0.2, 0.25) is 0 Å². The molecule has 10 nitrogen and oxygen atoms in total. The van der Waals surface area contributed by atoms with Gasteiger partial charge >= 0.3 is 0 Å². The van der Waals surface area contributed by atoms with E-state index in [0.29, 0.717) is 18.2 Å². The molecule has 2 aromatic carbocycles. The highest BCUT2D eigenvalue weighted by molar-refractivity contribution is 6.15. The molecule has 10 heteroatoms. The molecule has 1 unspecified atom stereocenters. The van der Waals surface area contributed by atoms with Crippen LogP contribution in [-0.4, -0.2) is 59.8 Å². The Bertz CT molecular complexity index is 1250. The van der Waals surface area contributed by atoms with Gasteiger partial charge in [-0.15, -0.1) is 0 Å². The standard InChI is InChI=1S/C25H26N6O4/c1-29(2)21-11-10-17(15-22(21)31(34)35)23(32)19-8-3-4-9-20(19)24(33)28-18-7-5-14-30(16-18)25-26-12-6-13-27-25/h3-4,6,8-13,15,18H,5,7,14,16H2,1-2H3,(H,28,33). The van der Waals surface area contributed by atoms with Crippen molar-refractivity contribution in [3.05, 3.63) is 87.7 Å². The molecule has 180 valence electrons. The Labute approximate surface area is 202 Å². The second-order valence-corrected chi connectivity index (χ2v) is 8.54. The van der Waals surface area contributed by atoms with Gasteiger partial charge in [0.1, 0.15) is 5.69 Å². The minimum Gasteiger partial charge on any atom is -0.372 e. The van der Waals surface area contributed by atoms with Gasteiger partial charge < -0.3 is 15.1 Å². The molecule has 35 heavy (non-hydrogen) atoms. The van der Waals surface area contributed by atoms with E-state index in [-0.39, 0.29) is 34.3 Å². The van der Waals surface area contributed by atoms with Crippen LogP contribution in [0, 0.1) is 10.1 Å². The number of piperidine rings is 1. The number of amides is 1. The average molecular weight is 475 g/mol. The van der Waals surface area contributed by atoms with Gasteiger partial charge in [0, 0.05) is 62.8 Å². The molecule has 1 aliphatic rings. The average Bonchev–Trinajstić information content (AvgIpc) is 2.88. The number of hydrogen-bond acceptors (Lipinski definition) is 8. The molecule has 2 heterocycles. The van der Waals surface area contributed by atoms with Gasteiger partial charge in [-0.2, -0.15) is 0 Å². The van der Waals surface area contributed by atoms with Crippen molar-refractivity contribution in [3.63, 3.8) is 0 Å². The molecule has 1 N–H and O–H groups in total. The quantitative estimate of drug-likeness (QED) is 0.315. The van der Waals surface area contributed by atoms with Crippen LogP contribution < -0.4 is 15.1 Å². The second-order valence-electron chi connectivity index (χ2n) is 8.54. The number of benzene rings is 2. The van der Waals surface area contributed by atoms with Crippen LogP contribution in [0.1, 0.15) is 39.1 Å². The summed E-state index contributed by atoms with van der Waals surface area (Å²) in [6.07, 6.45) is 5.03. The third kappa shape index (κ3) is 5.26. The predicted molar refractivity (Wildman–Crippen MR) is 132 cm³/mol. The Morgan fingerprint density at radius 1 is 1.09 bits per heavy atom. The molecule has 0 aliphatic carbocycles. The highest BCUT2D eigenvalue weighted by Crippen LogP contribution is 2.29. The van der Waals surface area contributed by atoms with E-state index in [1.807, 2.05) is 4.90 Å². The Morgan fingerprint density at radius 2 is 1.80 bits per heavy atom. The highest BCUT2D eigenvalue weighted by Gasteiger charge is 2.26. The van der Waals surface area contributed by atoms with E-state index in [0.717, 1.165) is 19.4 Å². The molecule has 0 spiro atoms. The van der Waals surface area contributed by atoms with Crippen LogP contribution in [0.25, 0.3) is 0 Å². The van der Waals surface area contributed by atoms with Gasteiger partial charge in [-0.3, -0.25) is 19.7 Å². The van der Waals surface area contributed by atoms with Gasteiger partial charge in [0.25, 0.3) is 11.6 Å². The van der Waals surface area contributed by atoms with Crippen LogP contribution in [-0.2, 0) is 0 Å². The third-order valence-corrected chi connectivity index (χ3v) is 5.92. The molecule has 3 aromatic rings. The fourth-order valence-corrected chi connectivity index (χ4v) is 4.22. The van der Waals surface area contributed by atoms with E-state index in [9.17, 15) is 19.7 Å². The number of rotatable bonds is 7. The number of carbonyl (C=O) groups is 2. The van der Waals surface area contributed by atoms with E-state index < -0.39 is 10.7 Å². The number of aromatic nitrogens is 2. The lowest BCUT2D eigenvalue weighted by Crippen LogP contribution is -2.48. The van der Waals surface area contributed by atoms with Crippen molar-refractivity contribution in [2.75, 3.05) is 37.0 Å². The van der Waals surface area contributed by atoms with Crippen LogP contribution in [0.5, 0.6) is 0 Å². The van der Waals surface area contributed by atoms with Crippen LogP contribution in [0.4, 0.5) is 17.3 Å². The number of ketones is 1. The maximum atomic E-state index is 13.3. The molecule has 1 amide bonds. The van der Waals surface area contributed by atoms with Crippen LogP contribution in [0.3, 0.4) is 0 Å². The molecular weight excluding hydrogens is 448 g/mol. The van der Waals surface area contributed by atoms with Gasteiger partial charge in [0.05, 0.1) is 10.5 Å². The summed E-state index contributed by atoms with van der Waals surface area (Å²) in [7, 11) is 3.39. The zero-order valence-electron chi connectivity index (χ0n) is 19.5. The Morgan fingerprint density at radius 3 is 2.49 bits per heavy atom. The van der Waals surface area contributed by atoms with E-state index in [2.05, 4.69) is 15.3 Å². The zero-order chi connectivity index (χ0) is 24.9. The second kappa shape index (κ2) is 10.3. The first-order valence-electron chi connectivity index (χ1n) is 11.3. The van der Waals surface area contributed by atoms with Gasteiger partial charge in [-0.25, -0.2) is 9.97 Å².